The van der Waals surface area contributed by atoms with E-state index in [9.17, 15) is 9.59 Å². The molecule has 1 amide bonds. The second-order valence-corrected chi connectivity index (χ2v) is 5.84. The van der Waals surface area contributed by atoms with Crippen molar-refractivity contribution in [3.05, 3.63) is 0 Å². The average molecular weight is 289 g/mol. The number of aliphatic carboxylic acids is 1. The third kappa shape index (κ3) is 6.26. The zero-order valence-electron chi connectivity index (χ0n) is 11.3. The van der Waals surface area contributed by atoms with Gasteiger partial charge < -0.3 is 16.2 Å². The molecule has 0 aromatic heterocycles. The van der Waals surface area contributed by atoms with Gasteiger partial charge in [0.05, 0.1) is 6.54 Å². The minimum absolute atomic E-state index is 0.219. The number of carbonyl (C=O) groups excluding carboxylic acids is 1. The number of likely N-dealkylation sites (tertiary alicyclic amines) is 1. The van der Waals surface area contributed by atoms with Gasteiger partial charge in [0.1, 0.15) is 6.04 Å². The van der Waals surface area contributed by atoms with Gasteiger partial charge in [0.2, 0.25) is 5.91 Å². The molecule has 1 saturated heterocycles. The standard InChI is InChI=1S/C12H23N3O3S/c1-19-7-4-10(12(17)18)14-11(16)8-15-5-2-9(13)3-6-15/h9-10H,2-8,13H2,1H3,(H,14,16)(H,17,18). The first kappa shape index (κ1) is 16.3. The Balaban J connectivity index is 2.33. The Morgan fingerprint density at radius 3 is 2.63 bits per heavy atom. The van der Waals surface area contributed by atoms with Crippen LogP contribution in [0.1, 0.15) is 19.3 Å². The highest BCUT2D eigenvalue weighted by molar-refractivity contribution is 7.98. The van der Waals surface area contributed by atoms with Crippen LogP contribution in [0.25, 0.3) is 0 Å². The molecule has 1 rings (SSSR count). The molecule has 7 heteroatoms. The second kappa shape index (κ2) is 8.39. The van der Waals surface area contributed by atoms with Gasteiger partial charge >= 0.3 is 5.97 Å². The minimum Gasteiger partial charge on any atom is -0.480 e. The SMILES string of the molecule is CSCCC(NC(=O)CN1CCC(N)CC1)C(=O)O. The largest absolute Gasteiger partial charge is 0.480 e. The van der Waals surface area contributed by atoms with Gasteiger partial charge in [0, 0.05) is 19.1 Å². The van der Waals surface area contributed by atoms with Crippen LogP contribution < -0.4 is 11.1 Å². The summed E-state index contributed by atoms with van der Waals surface area (Å²) in [5.41, 5.74) is 5.80. The molecule has 1 unspecified atom stereocenters. The van der Waals surface area contributed by atoms with Gasteiger partial charge in [-0.05, 0) is 31.3 Å². The van der Waals surface area contributed by atoms with Crippen LogP contribution >= 0.6 is 11.8 Å². The summed E-state index contributed by atoms with van der Waals surface area (Å²) in [4.78, 5) is 24.9. The highest BCUT2D eigenvalue weighted by Crippen LogP contribution is 2.07. The predicted octanol–water partition coefficient (Wildman–Crippen LogP) is -0.268. The van der Waals surface area contributed by atoms with Crippen LogP contribution in [0.4, 0.5) is 0 Å². The van der Waals surface area contributed by atoms with E-state index in [1.807, 2.05) is 11.2 Å². The molecule has 110 valence electrons. The summed E-state index contributed by atoms with van der Waals surface area (Å²) in [6.45, 7) is 1.87. The van der Waals surface area contributed by atoms with Crippen LogP contribution in [-0.4, -0.2) is 65.6 Å². The van der Waals surface area contributed by atoms with E-state index in [2.05, 4.69) is 5.32 Å². The first-order valence-corrected chi connectivity index (χ1v) is 7.91. The Hall–Kier alpha value is -0.790. The Kier molecular flexibility index (Phi) is 7.19. The van der Waals surface area contributed by atoms with Gasteiger partial charge in [-0.3, -0.25) is 9.69 Å². The first-order chi connectivity index (χ1) is 9.02. The maximum atomic E-state index is 11.8. The molecule has 4 N–H and O–H groups in total. The molecule has 1 atom stereocenters. The van der Waals surface area contributed by atoms with Crippen LogP contribution in [0.15, 0.2) is 0 Å². The zero-order valence-corrected chi connectivity index (χ0v) is 12.1. The topological polar surface area (TPSA) is 95.7 Å². The highest BCUT2D eigenvalue weighted by atomic mass is 32.2. The van der Waals surface area contributed by atoms with Gasteiger partial charge in [-0.2, -0.15) is 11.8 Å². The summed E-state index contributed by atoms with van der Waals surface area (Å²) in [6.07, 6.45) is 4.15. The summed E-state index contributed by atoms with van der Waals surface area (Å²) in [5, 5.41) is 11.6. The van der Waals surface area contributed by atoms with E-state index in [1.54, 1.807) is 11.8 Å². The number of nitrogens with two attached hydrogens (primary N) is 1. The van der Waals surface area contributed by atoms with E-state index < -0.39 is 12.0 Å². The lowest BCUT2D eigenvalue weighted by Gasteiger charge is -2.29. The van der Waals surface area contributed by atoms with Crippen LogP contribution in [0.5, 0.6) is 0 Å². The quantitative estimate of drug-likeness (QED) is 0.597. The molecular formula is C12H23N3O3S. The van der Waals surface area contributed by atoms with E-state index in [1.165, 1.54) is 0 Å². The molecule has 6 nitrogen and oxygen atoms in total. The number of piperidine rings is 1. The fourth-order valence-corrected chi connectivity index (χ4v) is 2.52. The normalized spacial score (nSPS) is 19.1. The number of nitrogens with zero attached hydrogens (tertiary/aromatic N) is 1. The van der Waals surface area contributed by atoms with E-state index in [4.69, 9.17) is 10.8 Å². The van der Waals surface area contributed by atoms with Gasteiger partial charge in [0.15, 0.2) is 0 Å². The maximum Gasteiger partial charge on any atom is 0.326 e. The molecule has 0 saturated carbocycles. The summed E-state index contributed by atoms with van der Waals surface area (Å²) in [6, 6.07) is -0.556. The molecule has 0 aliphatic carbocycles. The smallest absolute Gasteiger partial charge is 0.326 e. The molecule has 0 bridgehead atoms. The molecule has 1 fully saturated rings. The van der Waals surface area contributed by atoms with E-state index in [0.717, 1.165) is 31.7 Å². The summed E-state index contributed by atoms with van der Waals surface area (Å²) in [7, 11) is 0. The number of nitrogens with one attached hydrogen (secondary N) is 1. The van der Waals surface area contributed by atoms with Crippen molar-refractivity contribution in [2.45, 2.75) is 31.3 Å². The second-order valence-electron chi connectivity index (χ2n) is 4.85. The number of hydrogen-bond donors (Lipinski definition) is 3. The minimum atomic E-state index is -0.969. The lowest BCUT2D eigenvalue weighted by Crippen LogP contribution is -2.48. The fraction of sp³-hybridized carbons (Fsp3) is 0.833. The first-order valence-electron chi connectivity index (χ1n) is 6.52. The zero-order chi connectivity index (χ0) is 14.3. The number of amides is 1. The van der Waals surface area contributed by atoms with Crippen molar-refractivity contribution in [3.63, 3.8) is 0 Å². The Bertz CT molecular complexity index is 307. The average Bonchev–Trinajstić information content (AvgIpc) is 2.37. The van der Waals surface area contributed by atoms with Gasteiger partial charge in [-0.25, -0.2) is 4.79 Å². The molecule has 0 aromatic rings. The van der Waals surface area contributed by atoms with Crippen LogP contribution in [0.2, 0.25) is 0 Å². The number of thioether (sulfide) groups is 1. The van der Waals surface area contributed by atoms with Crippen molar-refractivity contribution in [2.75, 3.05) is 31.6 Å². The van der Waals surface area contributed by atoms with Crippen LogP contribution in [0, 0.1) is 0 Å². The van der Waals surface area contributed by atoms with Crippen molar-refractivity contribution in [1.29, 1.82) is 0 Å². The molecule has 1 heterocycles. The van der Waals surface area contributed by atoms with Crippen LogP contribution in [0.3, 0.4) is 0 Å². The van der Waals surface area contributed by atoms with Crippen molar-refractivity contribution in [2.24, 2.45) is 5.73 Å². The number of rotatable bonds is 7. The Labute approximate surface area is 118 Å². The molecule has 0 aromatic carbocycles. The fourth-order valence-electron chi connectivity index (χ4n) is 2.05. The van der Waals surface area contributed by atoms with E-state index in [-0.39, 0.29) is 18.5 Å². The molecule has 1 aliphatic heterocycles. The Morgan fingerprint density at radius 2 is 2.11 bits per heavy atom. The third-order valence-electron chi connectivity index (χ3n) is 3.24. The van der Waals surface area contributed by atoms with Crippen molar-refractivity contribution in [3.8, 4) is 0 Å². The van der Waals surface area contributed by atoms with Gasteiger partial charge in [-0.15, -0.1) is 0 Å². The molecule has 0 radical (unpaired) electrons. The molecule has 1 aliphatic rings. The van der Waals surface area contributed by atoms with Crippen LogP contribution in [-0.2, 0) is 9.59 Å². The number of hydrogen-bond acceptors (Lipinski definition) is 5. The van der Waals surface area contributed by atoms with Gasteiger partial charge in [-0.1, -0.05) is 0 Å². The predicted molar refractivity (Wildman–Crippen MR) is 76.2 cm³/mol. The van der Waals surface area contributed by atoms with Crippen molar-refractivity contribution < 1.29 is 14.7 Å². The van der Waals surface area contributed by atoms with Crippen molar-refractivity contribution in [1.82, 2.24) is 10.2 Å². The third-order valence-corrected chi connectivity index (χ3v) is 3.89. The lowest BCUT2D eigenvalue weighted by atomic mass is 10.1. The number of carbonyl (C=O) groups is 2. The molecular weight excluding hydrogens is 266 g/mol. The number of carboxylic acids is 1. The van der Waals surface area contributed by atoms with E-state index >= 15 is 0 Å². The summed E-state index contributed by atoms with van der Waals surface area (Å²) < 4.78 is 0. The molecule has 0 spiro atoms. The van der Waals surface area contributed by atoms with Gasteiger partial charge in [0.25, 0.3) is 0 Å². The lowest BCUT2D eigenvalue weighted by molar-refractivity contribution is -0.142. The Morgan fingerprint density at radius 1 is 1.47 bits per heavy atom. The summed E-state index contributed by atoms with van der Waals surface area (Å²) >= 11 is 1.57. The maximum absolute atomic E-state index is 11.8. The monoisotopic (exact) mass is 289 g/mol. The van der Waals surface area contributed by atoms with E-state index in [0.29, 0.717) is 6.42 Å². The number of carboxylic acid groups (broad SMARTS) is 1. The summed E-state index contributed by atoms with van der Waals surface area (Å²) in [5.74, 6) is -0.470. The molecule has 19 heavy (non-hydrogen) atoms. The highest BCUT2D eigenvalue weighted by Gasteiger charge is 2.22. The van der Waals surface area contributed by atoms with Crippen molar-refractivity contribution >= 4 is 23.6 Å².